The number of benzene rings is 2. The number of hydrogen-bond donors (Lipinski definition) is 0. The highest BCUT2D eigenvalue weighted by atomic mass is 16.6. The molecule has 0 N–H and O–H groups in total. The Labute approximate surface area is 142 Å². The molecule has 0 spiro atoms. The van der Waals surface area contributed by atoms with Gasteiger partial charge >= 0.3 is 5.97 Å². The van der Waals surface area contributed by atoms with Crippen LogP contribution in [-0.2, 0) is 0 Å². The largest absolute Gasteiger partial charge is 0.497 e. The molecule has 0 unspecified atom stereocenters. The van der Waals surface area contributed by atoms with Crippen molar-refractivity contribution in [3.63, 3.8) is 0 Å². The molecular formula is C18H13NO6. The molecule has 3 rings (SSSR count). The summed E-state index contributed by atoms with van der Waals surface area (Å²) in [4.78, 5) is 22.7. The van der Waals surface area contributed by atoms with Gasteiger partial charge in [-0.15, -0.1) is 0 Å². The molecule has 0 aliphatic carbocycles. The lowest BCUT2D eigenvalue weighted by Crippen LogP contribution is -2.07. The first-order valence-corrected chi connectivity index (χ1v) is 7.28. The summed E-state index contributed by atoms with van der Waals surface area (Å²) in [5.41, 5.74) is 0.183. The highest BCUT2D eigenvalue weighted by molar-refractivity contribution is 5.89. The van der Waals surface area contributed by atoms with Crippen LogP contribution in [0.3, 0.4) is 0 Å². The maximum atomic E-state index is 12.2. The van der Waals surface area contributed by atoms with Gasteiger partial charge in [0.15, 0.2) is 0 Å². The average Bonchev–Trinajstić information content (AvgIpc) is 3.12. The molecule has 126 valence electrons. The number of methoxy groups -OCH3 is 1. The third kappa shape index (κ3) is 3.50. The summed E-state index contributed by atoms with van der Waals surface area (Å²) < 4.78 is 15.7. The van der Waals surface area contributed by atoms with E-state index in [1.165, 1.54) is 25.3 Å². The van der Waals surface area contributed by atoms with Crippen molar-refractivity contribution in [1.82, 2.24) is 0 Å². The van der Waals surface area contributed by atoms with E-state index >= 15 is 0 Å². The minimum absolute atomic E-state index is 0.0519. The van der Waals surface area contributed by atoms with Crippen molar-refractivity contribution in [3.8, 4) is 22.8 Å². The lowest BCUT2D eigenvalue weighted by atomic mass is 10.1. The average molecular weight is 339 g/mol. The van der Waals surface area contributed by atoms with Gasteiger partial charge in [0, 0.05) is 6.07 Å². The molecule has 0 atom stereocenters. The van der Waals surface area contributed by atoms with Crippen molar-refractivity contribution < 1.29 is 23.6 Å². The molecular weight excluding hydrogens is 326 g/mol. The van der Waals surface area contributed by atoms with Crippen molar-refractivity contribution in [2.24, 2.45) is 0 Å². The SMILES string of the molecule is COc1ccc(OC(=O)c2ccc(-c3ccccc3[N+](=O)[O-])o2)cc1. The van der Waals surface area contributed by atoms with Crippen LogP contribution in [0.2, 0.25) is 0 Å². The monoisotopic (exact) mass is 339 g/mol. The van der Waals surface area contributed by atoms with Crippen molar-refractivity contribution in [1.29, 1.82) is 0 Å². The Balaban J connectivity index is 1.81. The smallest absolute Gasteiger partial charge is 0.379 e. The van der Waals surface area contributed by atoms with Gasteiger partial charge in [0.25, 0.3) is 5.69 Å². The predicted octanol–water partition coefficient (Wildman–Crippen LogP) is 4.08. The number of ether oxygens (including phenoxy) is 2. The van der Waals surface area contributed by atoms with Crippen LogP contribution in [0.5, 0.6) is 11.5 Å². The first kappa shape index (κ1) is 16.3. The van der Waals surface area contributed by atoms with Crippen LogP contribution in [-0.4, -0.2) is 18.0 Å². The maximum absolute atomic E-state index is 12.2. The highest BCUT2D eigenvalue weighted by Crippen LogP contribution is 2.31. The third-order valence-corrected chi connectivity index (χ3v) is 3.44. The quantitative estimate of drug-likeness (QED) is 0.301. The van der Waals surface area contributed by atoms with Crippen LogP contribution in [0.1, 0.15) is 10.6 Å². The van der Waals surface area contributed by atoms with Gasteiger partial charge in [-0.25, -0.2) is 4.79 Å². The van der Waals surface area contributed by atoms with Crippen molar-refractivity contribution in [3.05, 3.63) is 76.5 Å². The molecule has 25 heavy (non-hydrogen) atoms. The number of para-hydroxylation sites is 1. The first-order valence-electron chi connectivity index (χ1n) is 7.28. The van der Waals surface area contributed by atoms with Crippen molar-refractivity contribution >= 4 is 11.7 Å². The molecule has 0 aliphatic heterocycles. The van der Waals surface area contributed by atoms with Gasteiger partial charge in [0.1, 0.15) is 17.3 Å². The Morgan fingerprint density at radius 1 is 1.00 bits per heavy atom. The van der Waals surface area contributed by atoms with E-state index in [-0.39, 0.29) is 22.8 Å². The molecule has 1 heterocycles. The minimum Gasteiger partial charge on any atom is -0.497 e. The molecule has 0 bridgehead atoms. The minimum atomic E-state index is -0.699. The van der Waals surface area contributed by atoms with Crippen molar-refractivity contribution in [2.75, 3.05) is 7.11 Å². The zero-order valence-corrected chi connectivity index (χ0v) is 13.2. The molecule has 0 saturated carbocycles. The summed E-state index contributed by atoms with van der Waals surface area (Å²) >= 11 is 0. The van der Waals surface area contributed by atoms with Gasteiger partial charge in [-0.2, -0.15) is 0 Å². The van der Waals surface area contributed by atoms with E-state index in [4.69, 9.17) is 13.9 Å². The maximum Gasteiger partial charge on any atom is 0.379 e. The van der Waals surface area contributed by atoms with E-state index in [9.17, 15) is 14.9 Å². The van der Waals surface area contributed by atoms with Crippen LogP contribution < -0.4 is 9.47 Å². The van der Waals surface area contributed by atoms with Gasteiger partial charge in [-0.05, 0) is 42.5 Å². The highest BCUT2D eigenvalue weighted by Gasteiger charge is 2.20. The number of nitro groups is 1. The third-order valence-electron chi connectivity index (χ3n) is 3.44. The number of furan rings is 1. The zero-order valence-electron chi connectivity index (χ0n) is 13.2. The first-order chi connectivity index (χ1) is 12.1. The molecule has 3 aromatic rings. The van der Waals surface area contributed by atoms with E-state index in [0.29, 0.717) is 11.5 Å². The van der Waals surface area contributed by atoms with E-state index in [1.807, 2.05) is 0 Å². The summed E-state index contributed by atoms with van der Waals surface area (Å²) in [6.45, 7) is 0. The van der Waals surface area contributed by atoms with E-state index in [1.54, 1.807) is 42.5 Å². The van der Waals surface area contributed by atoms with Gasteiger partial charge in [0.05, 0.1) is 17.6 Å². The second-order valence-corrected chi connectivity index (χ2v) is 5.00. The van der Waals surface area contributed by atoms with Crippen LogP contribution >= 0.6 is 0 Å². The number of rotatable bonds is 5. The number of nitrogens with zero attached hydrogens (tertiary/aromatic N) is 1. The Morgan fingerprint density at radius 2 is 1.68 bits per heavy atom. The molecule has 0 fully saturated rings. The van der Waals surface area contributed by atoms with Gasteiger partial charge < -0.3 is 13.9 Å². The number of esters is 1. The fourth-order valence-corrected chi connectivity index (χ4v) is 2.23. The Kier molecular flexibility index (Phi) is 4.47. The van der Waals surface area contributed by atoms with Gasteiger partial charge in [-0.3, -0.25) is 10.1 Å². The van der Waals surface area contributed by atoms with E-state index < -0.39 is 10.9 Å². The number of carbonyl (C=O) groups is 1. The number of hydrogen-bond acceptors (Lipinski definition) is 6. The molecule has 0 amide bonds. The molecule has 7 nitrogen and oxygen atoms in total. The van der Waals surface area contributed by atoms with Crippen LogP contribution in [0.15, 0.2) is 65.1 Å². The molecule has 0 saturated heterocycles. The number of nitro benzene ring substituents is 1. The summed E-state index contributed by atoms with van der Waals surface area (Å²) in [6, 6.07) is 15.5. The van der Waals surface area contributed by atoms with Crippen LogP contribution in [0, 0.1) is 10.1 Å². The molecule has 7 heteroatoms. The standard InChI is InChI=1S/C18H13NO6/c1-23-12-6-8-13(9-7-12)24-18(20)17-11-10-16(25-17)14-4-2-3-5-15(14)19(21)22/h2-11H,1H3. The molecule has 1 aromatic heterocycles. The van der Waals surface area contributed by atoms with Gasteiger partial charge in [0.2, 0.25) is 5.76 Å². The second kappa shape index (κ2) is 6.88. The Hall–Kier alpha value is -3.61. The summed E-state index contributed by atoms with van der Waals surface area (Å²) in [6.07, 6.45) is 0. The fourth-order valence-electron chi connectivity index (χ4n) is 2.23. The summed E-state index contributed by atoms with van der Waals surface area (Å²) in [5, 5.41) is 11.1. The predicted molar refractivity (Wildman–Crippen MR) is 88.8 cm³/mol. The topological polar surface area (TPSA) is 91.8 Å². The normalized spacial score (nSPS) is 10.3. The zero-order chi connectivity index (χ0) is 17.8. The molecule has 2 aromatic carbocycles. The van der Waals surface area contributed by atoms with Crippen LogP contribution in [0.25, 0.3) is 11.3 Å². The molecule has 0 aliphatic rings. The van der Waals surface area contributed by atoms with E-state index in [2.05, 4.69) is 0 Å². The summed E-state index contributed by atoms with van der Waals surface area (Å²) in [7, 11) is 1.54. The lowest BCUT2D eigenvalue weighted by molar-refractivity contribution is -0.384. The van der Waals surface area contributed by atoms with E-state index in [0.717, 1.165) is 0 Å². The fraction of sp³-hybridized carbons (Fsp3) is 0.0556. The Morgan fingerprint density at radius 3 is 2.36 bits per heavy atom. The van der Waals surface area contributed by atoms with Crippen LogP contribution in [0.4, 0.5) is 5.69 Å². The van der Waals surface area contributed by atoms with Crippen molar-refractivity contribution in [2.45, 2.75) is 0 Å². The second-order valence-electron chi connectivity index (χ2n) is 5.00. The Bertz CT molecular complexity index is 913. The molecule has 0 radical (unpaired) electrons. The number of carbonyl (C=O) groups excluding carboxylic acids is 1. The van der Waals surface area contributed by atoms with Gasteiger partial charge in [-0.1, -0.05) is 12.1 Å². The summed E-state index contributed by atoms with van der Waals surface area (Å²) in [5.74, 6) is 0.430. The lowest BCUT2D eigenvalue weighted by Gasteiger charge is -2.04.